The average molecular weight is 379 g/mol. The molecule has 0 spiro atoms. The van der Waals surface area contributed by atoms with E-state index in [1.54, 1.807) is 0 Å². The number of rotatable bonds is 6. The lowest BCUT2D eigenvalue weighted by molar-refractivity contribution is -0.192. The van der Waals surface area contributed by atoms with Crippen LogP contribution in [0.2, 0.25) is 0 Å². The Hall–Kier alpha value is -1.12. The Balaban J connectivity index is 0.000000298. The van der Waals surface area contributed by atoms with E-state index in [0.717, 1.165) is 19.1 Å². The second-order valence-corrected chi connectivity index (χ2v) is 7.40. The van der Waals surface area contributed by atoms with Gasteiger partial charge in [0.15, 0.2) is 0 Å². The summed E-state index contributed by atoms with van der Waals surface area (Å²) in [4.78, 5) is 11.6. The van der Waals surface area contributed by atoms with Crippen LogP contribution < -0.4 is 0 Å². The van der Waals surface area contributed by atoms with Gasteiger partial charge in [-0.1, -0.05) is 6.08 Å². The van der Waals surface area contributed by atoms with Crippen molar-refractivity contribution in [2.24, 2.45) is 11.3 Å². The molecule has 3 rings (SSSR count). The summed E-state index contributed by atoms with van der Waals surface area (Å²) in [6, 6.07) is 0. The Kier molecular flexibility index (Phi) is 7.49. The number of alkyl halides is 3. The SMILES string of the molecule is C=CCOCC12CCCOC1CCN(CC1CC1)C2.O=C(O)C(F)(F)F. The summed E-state index contributed by atoms with van der Waals surface area (Å²) in [6.45, 7) is 9.87. The van der Waals surface area contributed by atoms with Crippen molar-refractivity contribution >= 4 is 5.97 Å². The molecule has 2 heterocycles. The molecule has 26 heavy (non-hydrogen) atoms. The zero-order chi connectivity index (χ0) is 19.2. The highest BCUT2D eigenvalue weighted by molar-refractivity contribution is 5.73. The summed E-state index contributed by atoms with van der Waals surface area (Å²) >= 11 is 0. The summed E-state index contributed by atoms with van der Waals surface area (Å²) < 4.78 is 43.6. The summed E-state index contributed by atoms with van der Waals surface area (Å²) in [5.74, 6) is -1.78. The Morgan fingerprint density at radius 2 is 2.08 bits per heavy atom. The minimum Gasteiger partial charge on any atom is -0.475 e. The van der Waals surface area contributed by atoms with Gasteiger partial charge in [-0.3, -0.25) is 0 Å². The monoisotopic (exact) mass is 379 g/mol. The fraction of sp³-hybridized carbons (Fsp3) is 0.833. The van der Waals surface area contributed by atoms with Crippen LogP contribution in [0.15, 0.2) is 12.7 Å². The lowest BCUT2D eigenvalue weighted by Gasteiger charge is -2.50. The highest BCUT2D eigenvalue weighted by Gasteiger charge is 2.46. The first kappa shape index (κ1) is 21.2. The Morgan fingerprint density at radius 3 is 2.65 bits per heavy atom. The number of hydrogen-bond donors (Lipinski definition) is 1. The molecular weight excluding hydrogens is 351 g/mol. The Bertz CT molecular complexity index is 482. The van der Waals surface area contributed by atoms with E-state index in [2.05, 4.69) is 11.5 Å². The average Bonchev–Trinajstić information content (AvgIpc) is 3.38. The number of fused-ring (bicyclic) bond motifs is 1. The van der Waals surface area contributed by atoms with Crippen molar-refractivity contribution in [2.45, 2.75) is 44.4 Å². The number of halogens is 3. The number of piperidine rings is 1. The second kappa shape index (κ2) is 9.19. The number of nitrogens with zero attached hydrogens (tertiary/aromatic N) is 1. The molecule has 0 aromatic carbocycles. The summed E-state index contributed by atoms with van der Waals surface area (Å²) in [7, 11) is 0. The smallest absolute Gasteiger partial charge is 0.475 e. The van der Waals surface area contributed by atoms with Gasteiger partial charge in [0.2, 0.25) is 0 Å². The van der Waals surface area contributed by atoms with E-state index in [0.29, 0.717) is 12.7 Å². The third-order valence-corrected chi connectivity index (χ3v) is 5.15. The van der Waals surface area contributed by atoms with Crippen molar-refractivity contribution in [3.8, 4) is 0 Å². The van der Waals surface area contributed by atoms with E-state index in [4.69, 9.17) is 19.4 Å². The quantitative estimate of drug-likeness (QED) is 0.568. The van der Waals surface area contributed by atoms with Gasteiger partial charge >= 0.3 is 12.1 Å². The van der Waals surface area contributed by atoms with Gasteiger partial charge in [0, 0.05) is 31.7 Å². The molecule has 0 aromatic heterocycles. The van der Waals surface area contributed by atoms with E-state index in [1.165, 1.54) is 51.7 Å². The first-order valence-corrected chi connectivity index (χ1v) is 9.09. The van der Waals surface area contributed by atoms with Crippen molar-refractivity contribution in [3.63, 3.8) is 0 Å². The van der Waals surface area contributed by atoms with Gasteiger partial charge in [-0.05, 0) is 38.0 Å². The number of aliphatic carboxylic acids is 1. The van der Waals surface area contributed by atoms with Gasteiger partial charge in [0.25, 0.3) is 0 Å². The molecule has 0 bridgehead atoms. The standard InChI is InChI=1S/C16H27NO2.C2HF3O2/c1-2-9-18-13-16-7-3-10-19-15(16)6-8-17(12-16)11-14-4-5-14;3-2(4,5)1(6)7/h2,14-15H,1,3-13H2;(H,6,7). The number of hydrogen-bond acceptors (Lipinski definition) is 4. The number of carboxylic acid groups (broad SMARTS) is 1. The fourth-order valence-electron chi connectivity index (χ4n) is 3.76. The molecule has 3 aliphatic rings. The third kappa shape index (κ3) is 6.25. The van der Waals surface area contributed by atoms with Crippen molar-refractivity contribution in [1.82, 2.24) is 4.90 Å². The third-order valence-electron chi connectivity index (χ3n) is 5.15. The van der Waals surface area contributed by atoms with Gasteiger partial charge in [-0.25, -0.2) is 4.79 Å². The van der Waals surface area contributed by atoms with E-state index >= 15 is 0 Å². The Labute approximate surface area is 152 Å². The molecule has 2 atom stereocenters. The van der Waals surface area contributed by atoms with Gasteiger partial charge < -0.3 is 19.5 Å². The molecule has 2 saturated heterocycles. The van der Waals surface area contributed by atoms with Crippen molar-refractivity contribution in [1.29, 1.82) is 0 Å². The van der Waals surface area contributed by atoms with Crippen LogP contribution in [0.5, 0.6) is 0 Å². The predicted molar refractivity (Wildman–Crippen MR) is 89.9 cm³/mol. The largest absolute Gasteiger partial charge is 0.490 e. The number of ether oxygens (including phenoxy) is 2. The van der Waals surface area contributed by atoms with Crippen LogP contribution in [0, 0.1) is 11.3 Å². The number of carboxylic acids is 1. The first-order chi connectivity index (χ1) is 12.3. The number of likely N-dealkylation sites (tertiary alicyclic amines) is 1. The van der Waals surface area contributed by atoms with E-state index in [9.17, 15) is 13.2 Å². The minimum absolute atomic E-state index is 0.244. The van der Waals surface area contributed by atoms with E-state index in [-0.39, 0.29) is 5.41 Å². The van der Waals surface area contributed by atoms with Gasteiger partial charge in [-0.2, -0.15) is 13.2 Å². The van der Waals surface area contributed by atoms with E-state index < -0.39 is 12.1 Å². The minimum atomic E-state index is -5.08. The molecule has 0 amide bonds. The topological polar surface area (TPSA) is 59.0 Å². The molecular formula is C18H28F3NO4. The lowest BCUT2D eigenvalue weighted by atomic mass is 9.73. The van der Waals surface area contributed by atoms with Crippen molar-refractivity contribution < 1.29 is 32.5 Å². The fourth-order valence-corrected chi connectivity index (χ4v) is 3.76. The molecule has 8 heteroatoms. The molecule has 0 radical (unpaired) electrons. The van der Waals surface area contributed by atoms with Crippen molar-refractivity contribution in [2.75, 3.05) is 39.5 Å². The van der Waals surface area contributed by atoms with E-state index in [1.807, 2.05) is 6.08 Å². The van der Waals surface area contributed by atoms with Crippen LogP contribution in [-0.2, 0) is 14.3 Å². The maximum absolute atomic E-state index is 10.6. The normalized spacial score (nSPS) is 29.3. The predicted octanol–water partition coefficient (Wildman–Crippen LogP) is 3.10. The van der Waals surface area contributed by atoms with Crippen LogP contribution in [-0.4, -0.2) is 67.7 Å². The molecule has 2 aliphatic heterocycles. The molecule has 3 fully saturated rings. The zero-order valence-electron chi connectivity index (χ0n) is 15.0. The van der Waals surface area contributed by atoms with Crippen LogP contribution in [0.1, 0.15) is 32.1 Å². The maximum atomic E-state index is 10.6. The Morgan fingerprint density at radius 1 is 1.38 bits per heavy atom. The van der Waals surface area contributed by atoms with Crippen LogP contribution >= 0.6 is 0 Å². The summed E-state index contributed by atoms with van der Waals surface area (Å²) in [6.07, 6.45) is 3.69. The number of carbonyl (C=O) groups is 1. The van der Waals surface area contributed by atoms with Crippen molar-refractivity contribution in [3.05, 3.63) is 12.7 Å². The van der Waals surface area contributed by atoms with Gasteiger partial charge in [0.05, 0.1) is 19.3 Å². The summed E-state index contributed by atoms with van der Waals surface area (Å²) in [5.41, 5.74) is 0.244. The maximum Gasteiger partial charge on any atom is 0.490 e. The van der Waals surface area contributed by atoms with Crippen LogP contribution in [0.4, 0.5) is 13.2 Å². The molecule has 2 unspecified atom stereocenters. The second-order valence-electron chi connectivity index (χ2n) is 7.40. The van der Waals surface area contributed by atoms with Crippen LogP contribution in [0.25, 0.3) is 0 Å². The molecule has 150 valence electrons. The molecule has 1 saturated carbocycles. The molecule has 1 N–H and O–H groups in total. The van der Waals surface area contributed by atoms with Gasteiger partial charge in [-0.15, -0.1) is 6.58 Å². The molecule has 5 nitrogen and oxygen atoms in total. The highest BCUT2D eigenvalue weighted by atomic mass is 19.4. The molecule has 1 aliphatic carbocycles. The lowest BCUT2D eigenvalue weighted by Crippen LogP contribution is -2.57. The first-order valence-electron chi connectivity index (χ1n) is 9.09. The van der Waals surface area contributed by atoms with Crippen LogP contribution in [0.3, 0.4) is 0 Å². The summed E-state index contributed by atoms with van der Waals surface area (Å²) in [5, 5.41) is 7.12. The molecule has 0 aromatic rings. The highest BCUT2D eigenvalue weighted by Crippen LogP contribution is 2.41. The zero-order valence-corrected chi connectivity index (χ0v) is 15.0. The van der Waals surface area contributed by atoms with Gasteiger partial charge in [0.1, 0.15) is 0 Å².